The van der Waals surface area contributed by atoms with E-state index in [1.165, 1.54) is 0 Å². The van der Waals surface area contributed by atoms with Crippen molar-refractivity contribution in [2.24, 2.45) is 5.92 Å². The summed E-state index contributed by atoms with van der Waals surface area (Å²) in [6.07, 6.45) is 4.82. The molecule has 2 N–H and O–H groups in total. The van der Waals surface area contributed by atoms with E-state index in [0.717, 1.165) is 5.52 Å². The molecule has 3 aromatic heterocycles. The lowest BCUT2D eigenvalue weighted by atomic mass is 10.2. The van der Waals surface area contributed by atoms with E-state index >= 15 is 0 Å². The SMILES string of the molecule is CC(C)C(OC(=N)c1cc2occc2[nH]1)n1cccn1. The minimum atomic E-state index is -0.313. The second-order valence-electron chi connectivity index (χ2n) is 4.95. The molecule has 0 saturated carbocycles. The maximum absolute atomic E-state index is 8.09. The fourth-order valence-corrected chi connectivity index (χ4v) is 2.08. The number of hydrogen-bond acceptors (Lipinski definition) is 4. The molecule has 3 heterocycles. The molecule has 104 valence electrons. The van der Waals surface area contributed by atoms with Gasteiger partial charge >= 0.3 is 0 Å². The summed E-state index contributed by atoms with van der Waals surface area (Å²) in [5.74, 6) is 0.263. The largest absolute Gasteiger partial charge is 0.463 e. The van der Waals surface area contributed by atoms with Crippen LogP contribution in [0.3, 0.4) is 0 Å². The van der Waals surface area contributed by atoms with E-state index in [4.69, 9.17) is 14.6 Å². The summed E-state index contributed by atoms with van der Waals surface area (Å²) in [6, 6.07) is 5.42. The van der Waals surface area contributed by atoms with Crippen LogP contribution in [0, 0.1) is 11.3 Å². The number of rotatable bonds is 4. The average Bonchev–Trinajstić information content (AvgIpc) is 3.10. The second-order valence-corrected chi connectivity index (χ2v) is 4.95. The fourth-order valence-electron chi connectivity index (χ4n) is 2.08. The Morgan fingerprint density at radius 3 is 3.00 bits per heavy atom. The molecule has 3 rings (SSSR count). The molecule has 0 amide bonds. The number of furan rings is 1. The predicted molar refractivity (Wildman–Crippen MR) is 74.6 cm³/mol. The summed E-state index contributed by atoms with van der Waals surface area (Å²) in [5.41, 5.74) is 2.17. The highest BCUT2D eigenvalue weighted by Gasteiger charge is 2.20. The zero-order chi connectivity index (χ0) is 14.1. The Labute approximate surface area is 115 Å². The van der Waals surface area contributed by atoms with Crippen LogP contribution in [-0.4, -0.2) is 20.7 Å². The van der Waals surface area contributed by atoms with Crippen LogP contribution in [0.5, 0.6) is 0 Å². The molecule has 0 spiro atoms. The zero-order valence-corrected chi connectivity index (χ0v) is 11.3. The third kappa shape index (κ3) is 2.20. The molecule has 6 nitrogen and oxygen atoms in total. The lowest BCUT2D eigenvalue weighted by Crippen LogP contribution is -2.22. The summed E-state index contributed by atoms with van der Waals surface area (Å²) < 4.78 is 12.7. The van der Waals surface area contributed by atoms with E-state index in [1.54, 1.807) is 23.2 Å². The van der Waals surface area contributed by atoms with Gasteiger partial charge in [-0.25, -0.2) is 4.68 Å². The Balaban J connectivity index is 1.81. The number of nitrogens with one attached hydrogen (secondary N) is 2. The molecule has 0 fully saturated rings. The van der Waals surface area contributed by atoms with Crippen molar-refractivity contribution in [3.8, 4) is 0 Å². The summed E-state index contributed by atoms with van der Waals surface area (Å²) in [4.78, 5) is 3.09. The van der Waals surface area contributed by atoms with Crippen molar-refractivity contribution in [3.63, 3.8) is 0 Å². The highest BCUT2D eigenvalue weighted by atomic mass is 16.5. The third-order valence-electron chi connectivity index (χ3n) is 3.08. The molecule has 0 aromatic carbocycles. The van der Waals surface area contributed by atoms with E-state index in [0.29, 0.717) is 11.3 Å². The van der Waals surface area contributed by atoms with E-state index in [9.17, 15) is 0 Å². The van der Waals surface area contributed by atoms with Crippen LogP contribution in [0.4, 0.5) is 0 Å². The van der Waals surface area contributed by atoms with Crippen molar-refractivity contribution in [2.45, 2.75) is 20.1 Å². The Hall–Kier alpha value is -2.50. The molecule has 1 atom stereocenters. The van der Waals surface area contributed by atoms with Crippen molar-refractivity contribution in [2.75, 3.05) is 0 Å². The molecule has 0 aliphatic rings. The van der Waals surface area contributed by atoms with Gasteiger partial charge in [0.2, 0.25) is 5.90 Å². The predicted octanol–water partition coefficient (Wildman–Crippen LogP) is 3.15. The van der Waals surface area contributed by atoms with Gasteiger partial charge in [0.05, 0.1) is 11.8 Å². The third-order valence-corrected chi connectivity index (χ3v) is 3.08. The molecular formula is C14H16N4O2. The monoisotopic (exact) mass is 272 g/mol. The number of H-pyrrole nitrogens is 1. The van der Waals surface area contributed by atoms with E-state index in [1.807, 2.05) is 32.2 Å². The van der Waals surface area contributed by atoms with E-state index in [-0.39, 0.29) is 18.0 Å². The van der Waals surface area contributed by atoms with E-state index < -0.39 is 0 Å². The quantitative estimate of drug-likeness (QED) is 0.565. The highest BCUT2D eigenvalue weighted by Crippen LogP contribution is 2.22. The van der Waals surface area contributed by atoms with Gasteiger partial charge in [-0.05, 0) is 6.07 Å². The maximum atomic E-state index is 8.09. The lowest BCUT2D eigenvalue weighted by Gasteiger charge is -2.22. The van der Waals surface area contributed by atoms with Crippen molar-refractivity contribution in [3.05, 3.63) is 42.5 Å². The number of nitrogens with zero attached hydrogens (tertiary/aromatic N) is 2. The van der Waals surface area contributed by atoms with Crippen LogP contribution in [0.1, 0.15) is 25.8 Å². The van der Waals surface area contributed by atoms with Crippen LogP contribution >= 0.6 is 0 Å². The maximum Gasteiger partial charge on any atom is 0.232 e. The van der Waals surface area contributed by atoms with Gasteiger partial charge in [-0.15, -0.1) is 0 Å². The Bertz CT molecular complexity index is 680. The van der Waals surface area contributed by atoms with E-state index in [2.05, 4.69) is 10.1 Å². The van der Waals surface area contributed by atoms with Gasteiger partial charge in [0.25, 0.3) is 0 Å². The Kier molecular flexibility index (Phi) is 3.06. The van der Waals surface area contributed by atoms with Crippen molar-refractivity contribution >= 4 is 17.0 Å². The minimum absolute atomic E-state index is 0.0746. The molecule has 6 heteroatoms. The van der Waals surface area contributed by atoms with Crippen LogP contribution in [0.15, 0.2) is 41.3 Å². The summed E-state index contributed by atoms with van der Waals surface area (Å²) in [7, 11) is 0. The highest BCUT2D eigenvalue weighted by molar-refractivity contribution is 5.94. The van der Waals surface area contributed by atoms with Gasteiger partial charge in [0.1, 0.15) is 5.69 Å². The molecular weight excluding hydrogens is 256 g/mol. The number of aromatic amines is 1. The molecule has 0 aliphatic carbocycles. The smallest absolute Gasteiger partial charge is 0.232 e. The number of fused-ring (bicyclic) bond motifs is 1. The Morgan fingerprint density at radius 2 is 2.35 bits per heavy atom. The first-order valence-electron chi connectivity index (χ1n) is 6.46. The minimum Gasteiger partial charge on any atom is -0.463 e. The number of aromatic nitrogens is 3. The fraction of sp³-hybridized carbons (Fsp3) is 0.286. The van der Waals surface area contributed by atoms with Crippen LogP contribution in [0.25, 0.3) is 11.1 Å². The zero-order valence-electron chi connectivity index (χ0n) is 11.3. The van der Waals surface area contributed by atoms with Crippen LogP contribution in [0.2, 0.25) is 0 Å². The van der Waals surface area contributed by atoms with Crippen molar-refractivity contribution in [1.82, 2.24) is 14.8 Å². The topological polar surface area (TPSA) is 79.8 Å². The molecule has 0 radical (unpaired) electrons. The average molecular weight is 272 g/mol. The summed E-state index contributed by atoms with van der Waals surface area (Å²) >= 11 is 0. The van der Waals surface area contributed by atoms with Gasteiger partial charge in [-0.2, -0.15) is 5.10 Å². The molecule has 0 aliphatic heterocycles. The van der Waals surface area contributed by atoms with Crippen LogP contribution < -0.4 is 0 Å². The van der Waals surface area contributed by atoms with Gasteiger partial charge in [0.15, 0.2) is 11.8 Å². The number of ether oxygens (including phenoxy) is 1. The van der Waals surface area contributed by atoms with Gasteiger partial charge < -0.3 is 14.1 Å². The molecule has 1 unspecified atom stereocenters. The summed E-state index contributed by atoms with van der Waals surface area (Å²) in [5, 5.41) is 12.3. The first kappa shape index (κ1) is 12.5. The second kappa shape index (κ2) is 4.88. The lowest BCUT2D eigenvalue weighted by molar-refractivity contribution is 0.0580. The van der Waals surface area contributed by atoms with Crippen molar-refractivity contribution < 1.29 is 9.15 Å². The summed E-state index contributed by atoms with van der Waals surface area (Å²) in [6.45, 7) is 4.06. The standard InChI is InChI=1S/C14H16N4O2/c1-9(2)14(18-6-3-5-16-18)20-13(15)11-8-12-10(17-11)4-7-19-12/h3-9,14-15,17H,1-2H3. The molecule has 0 saturated heterocycles. The van der Waals surface area contributed by atoms with Gasteiger partial charge in [0, 0.05) is 30.4 Å². The number of hydrogen-bond donors (Lipinski definition) is 2. The van der Waals surface area contributed by atoms with Crippen molar-refractivity contribution in [1.29, 1.82) is 5.41 Å². The first-order chi connectivity index (χ1) is 9.65. The molecule has 0 bridgehead atoms. The Morgan fingerprint density at radius 1 is 1.50 bits per heavy atom. The van der Waals surface area contributed by atoms with Gasteiger partial charge in [-0.1, -0.05) is 13.8 Å². The van der Waals surface area contributed by atoms with Gasteiger partial charge in [-0.3, -0.25) is 5.41 Å². The molecule has 20 heavy (non-hydrogen) atoms. The molecule has 3 aromatic rings. The first-order valence-corrected chi connectivity index (χ1v) is 6.46. The van der Waals surface area contributed by atoms with Crippen LogP contribution in [-0.2, 0) is 4.74 Å². The normalized spacial score (nSPS) is 12.9.